The number of hydrogen-bond acceptors (Lipinski definition) is 4. The van der Waals surface area contributed by atoms with E-state index in [1.807, 2.05) is 26.0 Å². The molecule has 8 aromatic carbocycles. The van der Waals surface area contributed by atoms with Gasteiger partial charge in [0.15, 0.2) is 0 Å². The fourth-order valence-electron chi connectivity index (χ4n) is 14.6. The second kappa shape index (κ2) is 27.0. The predicted octanol–water partition coefficient (Wildman–Crippen LogP) is 24.1. The minimum absolute atomic E-state index is 0. The van der Waals surface area contributed by atoms with Crippen LogP contribution in [0.25, 0.3) is 77.2 Å². The average Bonchev–Trinajstić information content (AvgIpc) is 1.52. The summed E-state index contributed by atoms with van der Waals surface area (Å²) in [5.74, 6) is 0.0757. The standard InChI is InChI=1S/C84H102F2N2O4Si.2CH3.Hf/c1-49-33-57(85)43-65(63-35-55(83(21,22)45-77(3,4)5)41-71(73(63)89)87-67-37-51(79(9,10)11)25-29-59(67)60-30-26-52(38-68(60)87)80(12,13)14)75(49)91-47-93-48-92-76-50(2)34-58(86)44-66(76)64-36-56(84(23,24)46-78(6,7)8)42-72(74(64)90)88-69-39-53(81(15,16)17)27-31-61(69)62-32-28-54(40-70(62)88)82(18,19)20;;;/h25-44,89-90H,45-48H2,1-24H3;2*1H3;/q;2*-1;. The number of benzene rings is 8. The number of aromatic nitrogens is 2. The molecule has 0 unspecified atom stereocenters. The van der Waals surface area contributed by atoms with Gasteiger partial charge in [-0.1, -0.05) is 201 Å². The summed E-state index contributed by atoms with van der Waals surface area (Å²) in [6, 6.07) is 41.1. The Bertz CT molecular complexity index is 4130. The number of aryl methyl sites for hydroxylation is 2. The van der Waals surface area contributed by atoms with Crippen molar-refractivity contribution in [3.8, 4) is 56.6 Å². The number of rotatable bonds is 14. The number of hydrogen-bond donors (Lipinski definition) is 2. The number of fused-ring (bicyclic) bond motifs is 6. The van der Waals surface area contributed by atoms with Gasteiger partial charge in [-0.05, 0) is 187 Å². The Balaban J connectivity index is 0.00000433. The third-order valence-corrected chi connectivity index (χ3v) is 19.6. The van der Waals surface area contributed by atoms with Crippen molar-refractivity contribution in [2.45, 2.75) is 212 Å². The summed E-state index contributed by atoms with van der Waals surface area (Å²) in [4.78, 5) is 0. The molecule has 0 saturated carbocycles. The SMILES string of the molecule is Cc1cc(F)cc(-c2cc(C(C)(C)CC(C)(C)C)cc(-n3c4cc(C(C)(C)C)ccc4c4ccc(C(C)(C)C)cc43)c2O)c1OC[Si]COc1c(C)cc(F)cc1-c1cc(C(C)(C)CC(C)(C)C)cc(-n2c3cc(C(C)(C)C)ccc3c3ccc(C(C)(C)C)cc32)c1O.[CH3-].[CH3-].[Hf]. The number of ether oxygens (including phenoxy) is 2. The minimum Gasteiger partial charge on any atom is -0.505 e. The fraction of sp³-hybridized carbons (Fsp3) is 0.419. The van der Waals surface area contributed by atoms with Crippen molar-refractivity contribution in [1.29, 1.82) is 0 Å². The maximum atomic E-state index is 16.3. The van der Waals surface area contributed by atoms with Gasteiger partial charge in [0.05, 0.1) is 45.9 Å². The molecule has 96 heavy (non-hydrogen) atoms. The van der Waals surface area contributed by atoms with Crippen LogP contribution in [-0.4, -0.2) is 41.3 Å². The number of aromatic hydroxyl groups is 2. The van der Waals surface area contributed by atoms with Gasteiger partial charge in [-0.25, -0.2) is 8.78 Å². The molecule has 0 saturated heterocycles. The normalized spacial score (nSPS) is 12.9. The second-order valence-electron chi connectivity index (χ2n) is 34.7. The molecule has 0 aliphatic carbocycles. The van der Waals surface area contributed by atoms with Crippen molar-refractivity contribution < 1.29 is 54.3 Å². The van der Waals surface area contributed by atoms with E-state index in [1.165, 1.54) is 46.5 Å². The van der Waals surface area contributed by atoms with E-state index in [2.05, 4.69) is 246 Å². The molecule has 2 heterocycles. The molecule has 0 amide bonds. The Labute approximate surface area is 596 Å². The van der Waals surface area contributed by atoms with Crippen LogP contribution in [0, 0.1) is 51.2 Å². The van der Waals surface area contributed by atoms with Gasteiger partial charge in [-0.3, -0.25) is 0 Å². The topological polar surface area (TPSA) is 68.8 Å². The van der Waals surface area contributed by atoms with E-state index in [9.17, 15) is 10.2 Å². The molecule has 0 spiro atoms. The summed E-state index contributed by atoms with van der Waals surface area (Å²) in [7, 11) is 0.0617. The zero-order chi connectivity index (χ0) is 68.4. The molecule has 510 valence electrons. The molecule has 2 radical (unpaired) electrons. The molecule has 0 aliphatic rings. The van der Waals surface area contributed by atoms with Crippen molar-refractivity contribution >= 4 is 53.1 Å². The fourth-order valence-corrected chi connectivity index (χ4v) is 15.2. The molecule has 10 heteroatoms. The van der Waals surface area contributed by atoms with E-state index in [1.54, 1.807) is 0 Å². The largest absolute Gasteiger partial charge is 0.505 e. The van der Waals surface area contributed by atoms with Gasteiger partial charge < -0.3 is 43.7 Å². The number of phenols is 2. The Hall–Kier alpha value is -6.49. The first-order chi connectivity index (χ1) is 42.8. The molecular formula is C86H108F2HfN2O4Si-2. The summed E-state index contributed by atoms with van der Waals surface area (Å²) in [6.07, 6.45) is 2.06. The van der Waals surface area contributed by atoms with Crippen LogP contribution < -0.4 is 9.47 Å². The minimum atomic E-state index is -0.443. The van der Waals surface area contributed by atoms with Crippen molar-refractivity contribution in [3.05, 3.63) is 192 Å². The van der Waals surface area contributed by atoms with Crippen LogP contribution >= 0.6 is 0 Å². The van der Waals surface area contributed by atoms with Gasteiger partial charge >= 0.3 is 0 Å². The third-order valence-electron chi connectivity index (χ3n) is 18.9. The molecule has 6 nitrogen and oxygen atoms in total. The van der Waals surface area contributed by atoms with Crippen molar-refractivity contribution in [1.82, 2.24) is 9.13 Å². The Morgan fingerprint density at radius 2 is 0.635 bits per heavy atom. The zero-order valence-corrected chi connectivity index (χ0v) is 67.3. The van der Waals surface area contributed by atoms with E-state index < -0.39 is 11.6 Å². The van der Waals surface area contributed by atoms with Crippen molar-refractivity contribution in [3.63, 3.8) is 0 Å². The summed E-state index contributed by atoms with van der Waals surface area (Å²) in [5, 5.41) is 30.8. The van der Waals surface area contributed by atoms with Crippen LogP contribution in [0.15, 0.2) is 121 Å². The monoisotopic (exact) mass is 1480 g/mol. The smallest absolute Gasteiger partial charge is 0.147 e. The Morgan fingerprint density at radius 1 is 0.365 bits per heavy atom. The molecule has 0 bridgehead atoms. The molecule has 0 aliphatic heterocycles. The first kappa shape index (κ1) is 76.9. The van der Waals surface area contributed by atoms with Gasteiger partial charge in [-0.15, -0.1) is 0 Å². The number of nitrogens with zero attached hydrogens (tertiary/aromatic N) is 2. The maximum Gasteiger partial charge on any atom is 0.147 e. The van der Waals surface area contributed by atoms with Crippen LogP contribution in [0.5, 0.6) is 23.0 Å². The van der Waals surface area contributed by atoms with Gasteiger partial charge in [0.1, 0.15) is 44.2 Å². The maximum absolute atomic E-state index is 16.3. The molecule has 2 N–H and O–H groups in total. The predicted molar refractivity (Wildman–Crippen MR) is 404 cm³/mol. The average molecular weight is 1480 g/mol. The number of phenolic OH excluding ortho intramolecular Hbond substituents is 2. The summed E-state index contributed by atoms with van der Waals surface area (Å²) < 4.78 is 50.8. The van der Waals surface area contributed by atoms with Crippen molar-refractivity contribution in [2.24, 2.45) is 10.8 Å². The van der Waals surface area contributed by atoms with Gasteiger partial charge in [0.25, 0.3) is 0 Å². The summed E-state index contributed by atoms with van der Waals surface area (Å²) in [6.45, 7) is 52.9. The van der Waals surface area contributed by atoms with Gasteiger partial charge in [-0.2, -0.15) is 0 Å². The number of halogens is 2. The van der Waals surface area contributed by atoms with Crippen LogP contribution in [0.3, 0.4) is 0 Å². The van der Waals surface area contributed by atoms with Crippen LogP contribution in [0.4, 0.5) is 8.78 Å². The Kier molecular flexibility index (Phi) is 21.6. The van der Waals surface area contributed by atoms with E-state index >= 15 is 8.78 Å². The molecule has 0 fully saturated rings. The van der Waals surface area contributed by atoms with Crippen LogP contribution in [-0.2, 0) is 58.3 Å². The van der Waals surface area contributed by atoms with E-state index in [0.29, 0.717) is 56.3 Å². The Morgan fingerprint density at radius 3 is 0.885 bits per heavy atom. The zero-order valence-electron chi connectivity index (χ0n) is 62.7. The van der Waals surface area contributed by atoms with Crippen LogP contribution in [0.1, 0.15) is 210 Å². The molecular weight excluding hydrogens is 1370 g/mol. The van der Waals surface area contributed by atoms with E-state index in [0.717, 1.165) is 67.6 Å². The molecule has 0 atom stereocenters. The van der Waals surface area contributed by atoms with Gasteiger partial charge in [0, 0.05) is 69.6 Å². The molecule has 10 rings (SSSR count). The van der Waals surface area contributed by atoms with E-state index in [4.69, 9.17) is 9.47 Å². The van der Waals surface area contributed by atoms with Gasteiger partial charge in [0.2, 0.25) is 0 Å². The first-order valence-corrected chi connectivity index (χ1v) is 34.8. The van der Waals surface area contributed by atoms with Crippen molar-refractivity contribution in [2.75, 3.05) is 12.5 Å². The second-order valence-corrected chi connectivity index (χ2v) is 35.7. The molecule has 2 aromatic heterocycles. The summed E-state index contributed by atoms with van der Waals surface area (Å²) in [5.41, 5.74) is 13.3. The quantitative estimate of drug-likeness (QED) is 0.0647. The first-order valence-electron chi connectivity index (χ1n) is 33.3. The third kappa shape index (κ3) is 15.5. The molecule has 10 aromatic rings. The van der Waals surface area contributed by atoms with E-state index in [-0.39, 0.29) is 117 Å². The summed E-state index contributed by atoms with van der Waals surface area (Å²) >= 11 is 0. The van der Waals surface area contributed by atoms with Crippen LogP contribution in [0.2, 0.25) is 0 Å².